The maximum absolute atomic E-state index is 5.75. The molecule has 0 bridgehead atoms. The quantitative estimate of drug-likeness (QED) is 0.865. The molecule has 1 aromatic carbocycles. The molecule has 0 unspecified atom stereocenters. The van der Waals surface area contributed by atoms with E-state index in [4.69, 9.17) is 14.9 Å². The van der Waals surface area contributed by atoms with E-state index in [-0.39, 0.29) is 12.4 Å². The minimum Gasteiger partial charge on any atom is -0.423 e. The van der Waals surface area contributed by atoms with Crippen LogP contribution in [0.5, 0.6) is 0 Å². The highest BCUT2D eigenvalue weighted by Crippen LogP contribution is 2.22. The van der Waals surface area contributed by atoms with E-state index in [0.29, 0.717) is 11.7 Å². The number of oxazole rings is 1. The molecule has 2 N–H and O–H groups in total. The van der Waals surface area contributed by atoms with Gasteiger partial charge in [-0.05, 0) is 18.2 Å². The Morgan fingerprint density at radius 1 is 1.33 bits per heavy atom. The summed E-state index contributed by atoms with van der Waals surface area (Å²) in [7, 11) is 1.99. The zero-order valence-electron chi connectivity index (χ0n) is 12.1. The molecule has 0 atom stereocenters. The number of nitrogens with zero attached hydrogens (tertiary/aromatic N) is 3. The SMILES string of the molecule is CN(CCN1CCOCC1)c1nc2cc(N)ccc2o1.Cl. The highest BCUT2D eigenvalue weighted by molar-refractivity contribution is 5.85. The third-order valence-corrected chi connectivity index (χ3v) is 3.58. The van der Waals surface area contributed by atoms with Crippen LogP contribution in [0.15, 0.2) is 22.6 Å². The van der Waals surface area contributed by atoms with Crippen molar-refractivity contribution in [2.75, 3.05) is 57.1 Å². The number of hydrogen-bond donors (Lipinski definition) is 1. The highest BCUT2D eigenvalue weighted by Gasteiger charge is 2.14. The van der Waals surface area contributed by atoms with Crippen LogP contribution in [0.4, 0.5) is 11.7 Å². The number of halogens is 1. The molecule has 0 spiro atoms. The van der Waals surface area contributed by atoms with E-state index < -0.39 is 0 Å². The summed E-state index contributed by atoms with van der Waals surface area (Å²) in [6.07, 6.45) is 0. The minimum atomic E-state index is 0. The Morgan fingerprint density at radius 2 is 2.10 bits per heavy atom. The van der Waals surface area contributed by atoms with Gasteiger partial charge in [0.25, 0.3) is 6.01 Å². The predicted molar refractivity (Wildman–Crippen MR) is 86.2 cm³/mol. The number of nitrogen functional groups attached to an aromatic ring is 1. The van der Waals surface area contributed by atoms with Crippen molar-refractivity contribution in [2.45, 2.75) is 0 Å². The monoisotopic (exact) mass is 312 g/mol. The Hall–Kier alpha value is -1.50. The Morgan fingerprint density at radius 3 is 2.86 bits per heavy atom. The summed E-state index contributed by atoms with van der Waals surface area (Å²) in [6.45, 7) is 5.51. The molecular formula is C14H21ClN4O2. The van der Waals surface area contributed by atoms with Crippen molar-refractivity contribution < 1.29 is 9.15 Å². The zero-order chi connectivity index (χ0) is 13.9. The van der Waals surface area contributed by atoms with Crippen molar-refractivity contribution in [3.05, 3.63) is 18.2 Å². The van der Waals surface area contributed by atoms with Crippen molar-refractivity contribution in [3.8, 4) is 0 Å². The number of benzene rings is 1. The van der Waals surface area contributed by atoms with Gasteiger partial charge in [0.1, 0.15) is 5.52 Å². The van der Waals surface area contributed by atoms with E-state index in [1.165, 1.54) is 0 Å². The molecule has 1 fully saturated rings. The number of morpholine rings is 1. The largest absolute Gasteiger partial charge is 0.423 e. The molecule has 0 aliphatic carbocycles. The molecule has 0 amide bonds. The van der Waals surface area contributed by atoms with Crippen LogP contribution in [0.2, 0.25) is 0 Å². The van der Waals surface area contributed by atoms with Crippen molar-refractivity contribution >= 4 is 35.2 Å². The molecule has 116 valence electrons. The predicted octanol–water partition coefficient (Wildman–Crippen LogP) is 1.60. The fourth-order valence-electron chi connectivity index (χ4n) is 2.31. The van der Waals surface area contributed by atoms with Crippen LogP contribution in [-0.4, -0.2) is 56.3 Å². The maximum atomic E-state index is 5.75. The van der Waals surface area contributed by atoms with Crippen LogP contribution in [0.3, 0.4) is 0 Å². The molecule has 1 saturated heterocycles. The Bertz CT molecular complexity index is 583. The fraction of sp³-hybridized carbons (Fsp3) is 0.500. The highest BCUT2D eigenvalue weighted by atomic mass is 35.5. The molecule has 0 saturated carbocycles. The first-order chi connectivity index (χ1) is 9.72. The minimum absolute atomic E-state index is 0. The van der Waals surface area contributed by atoms with Crippen LogP contribution in [0, 0.1) is 0 Å². The summed E-state index contributed by atoms with van der Waals surface area (Å²) >= 11 is 0. The molecule has 1 aliphatic rings. The summed E-state index contributed by atoms with van der Waals surface area (Å²) in [4.78, 5) is 8.90. The lowest BCUT2D eigenvalue weighted by atomic mass is 10.3. The van der Waals surface area contributed by atoms with Gasteiger partial charge < -0.3 is 19.8 Å². The van der Waals surface area contributed by atoms with Crippen molar-refractivity contribution in [2.24, 2.45) is 0 Å². The van der Waals surface area contributed by atoms with Crippen LogP contribution in [0.1, 0.15) is 0 Å². The molecule has 1 aromatic heterocycles. The summed E-state index contributed by atoms with van der Waals surface area (Å²) in [6, 6.07) is 6.15. The molecule has 2 heterocycles. The van der Waals surface area contributed by atoms with Gasteiger partial charge in [-0.2, -0.15) is 4.98 Å². The van der Waals surface area contributed by atoms with Crippen molar-refractivity contribution in [1.29, 1.82) is 0 Å². The number of nitrogens with two attached hydrogens (primary N) is 1. The second kappa shape index (κ2) is 6.98. The van der Waals surface area contributed by atoms with Crippen LogP contribution < -0.4 is 10.6 Å². The first-order valence-electron chi connectivity index (χ1n) is 6.90. The average Bonchev–Trinajstić information content (AvgIpc) is 2.89. The zero-order valence-corrected chi connectivity index (χ0v) is 12.9. The summed E-state index contributed by atoms with van der Waals surface area (Å²) < 4.78 is 11.1. The van der Waals surface area contributed by atoms with E-state index in [1.54, 1.807) is 0 Å². The van der Waals surface area contributed by atoms with E-state index in [0.717, 1.165) is 50.5 Å². The van der Waals surface area contributed by atoms with Crippen LogP contribution >= 0.6 is 12.4 Å². The molecule has 0 radical (unpaired) electrons. The van der Waals surface area contributed by atoms with Crippen molar-refractivity contribution in [3.63, 3.8) is 0 Å². The third kappa shape index (κ3) is 3.78. The molecular weight excluding hydrogens is 292 g/mol. The topological polar surface area (TPSA) is 67.8 Å². The van der Waals surface area contributed by atoms with Gasteiger partial charge in [-0.15, -0.1) is 12.4 Å². The number of anilines is 2. The first kappa shape index (κ1) is 15.9. The van der Waals surface area contributed by atoms with Gasteiger partial charge in [0.05, 0.1) is 13.2 Å². The lowest BCUT2D eigenvalue weighted by molar-refractivity contribution is 0.0392. The molecule has 3 rings (SSSR count). The third-order valence-electron chi connectivity index (χ3n) is 3.58. The lowest BCUT2D eigenvalue weighted by Crippen LogP contribution is -2.40. The molecule has 21 heavy (non-hydrogen) atoms. The summed E-state index contributed by atoms with van der Waals surface area (Å²) in [5.74, 6) is 0. The maximum Gasteiger partial charge on any atom is 0.298 e. The second-order valence-corrected chi connectivity index (χ2v) is 5.10. The van der Waals surface area contributed by atoms with E-state index >= 15 is 0 Å². The van der Waals surface area contributed by atoms with Gasteiger partial charge in [0.2, 0.25) is 0 Å². The lowest BCUT2D eigenvalue weighted by Gasteiger charge is -2.28. The van der Waals surface area contributed by atoms with Gasteiger partial charge in [-0.3, -0.25) is 4.90 Å². The smallest absolute Gasteiger partial charge is 0.298 e. The number of rotatable bonds is 4. The summed E-state index contributed by atoms with van der Waals surface area (Å²) in [5.41, 5.74) is 8.03. The van der Waals surface area contributed by atoms with E-state index in [2.05, 4.69) is 9.88 Å². The Kier molecular flexibility index (Phi) is 5.27. The van der Waals surface area contributed by atoms with Crippen molar-refractivity contribution in [1.82, 2.24) is 9.88 Å². The first-order valence-corrected chi connectivity index (χ1v) is 6.90. The van der Waals surface area contributed by atoms with Gasteiger partial charge >= 0.3 is 0 Å². The number of aromatic nitrogens is 1. The normalized spacial score (nSPS) is 15.9. The number of hydrogen-bond acceptors (Lipinski definition) is 6. The Labute approximate surface area is 130 Å². The number of ether oxygens (including phenoxy) is 1. The van der Waals surface area contributed by atoms with Gasteiger partial charge in [-0.1, -0.05) is 0 Å². The Balaban J connectivity index is 0.00000161. The molecule has 1 aliphatic heterocycles. The fourth-order valence-corrected chi connectivity index (χ4v) is 2.31. The van der Waals surface area contributed by atoms with Crippen LogP contribution in [0.25, 0.3) is 11.1 Å². The van der Waals surface area contributed by atoms with E-state index in [9.17, 15) is 0 Å². The van der Waals surface area contributed by atoms with Gasteiger partial charge in [-0.25, -0.2) is 0 Å². The average molecular weight is 313 g/mol. The van der Waals surface area contributed by atoms with E-state index in [1.807, 2.05) is 30.1 Å². The molecule has 6 nitrogen and oxygen atoms in total. The molecule has 7 heteroatoms. The number of likely N-dealkylation sites (N-methyl/N-ethyl adjacent to an activating group) is 1. The summed E-state index contributed by atoms with van der Waals surface area (Å²) in [5, 5.41) is 0. The number of fused-ring (bicyclic) bond motifs is 1. The standard InChI is InChI=1S/C14H20N4O2.ClH/c1-17(4-5-18-6-8-19-9-7-18)14-16-12-10-11(15)2-3-13(12)20-14;/h2-3,10H,4-9,15H2,1H3;1H. The molecule has 2 aromatic rings. The van der Waals surface area contributed by atoms with Crippen LogP contribution in [-0.2, 0) is 4.74 Å². The van der Waals surface area contributed by atoms with Gasteiger partial charge in [0.15, 0.2) is 5.58 Å². The second-order valence-electron chi connectivity index (χ2n) is 5.10. The van der Waals surface area contributed by atoms with Gasteiger partial charge in [0, 0.05) is 38.9 Å².